The molecule has 1 aliphatic rings. The number of nitrogens with zero attached hydrogens (tertiary/aromatic N) is 2. The van der Waals surface area contributed by atoms with E-state index in [-0.39, 0.29) is 18.4 Å². The standard InChI is InChI=1S/C16H17N3O4/c20-15(17-14-5-7-19(18-14)10-16(21)22)9-11-6-8-23-13-4-2-1-3-12(11)13/h1-5,7,11H,6,8-10H2,(H,21,22)(H,17,18,20). The van der Waals surface area contributed by atoms with Crippen molar-refractivity contribution in [1.82, 2.24) is 9.78 Å². The van der Waals surface area contributed by atoms with E-state index in [1.54, 1.807) is 6.07 Å². The smallest absolute Gasteiger partial charge is 0.325 e. The lowest BCUT2D eigenvalue weighted by Gasteiger charge is -2.25. The van der Waals surface area contributed by atoms with Gasteiger partial charge in [0.25, 0.3) is 0 Å². The van der Waals surface area contributed by atoms with E-state index in [0.29, 0.717) is 18.8 Å². The van der Waals surface area contributed by atoms with Crippen molar-refractivity contribution in [3.8, 4) is 5.75 Å². The average molecular weight is 315 g/mol. The summed E-state index contributed by atoms with van der Waals surface area (Å²) in [7, 11) is 0. The predicted octanol–water partition coefficient (Wildman–Crippen LogP) is 1.86. The van der Waals surface area contributed by atoms with Crippen LogP contribution in [0.25, 0.3) is 0 Å². The highest BCUT2D eigenvalue weighted by atomic mass is 16.5. The molecule has 7 heteroatoms. The van der Waals surface area contributed by atoms with Gasteiger partial charge < -0.3 is 15.2 Å². The molecule has 1 unspecified atom stereocenters. The molecule has 0 fully saturated rings. The van der Waals surface area contributed by atoms with Crippen molar-refractivity contribution in [2.45, 2.75) is 25.3 Å². The number of rotatable bonds is 5. The largest absolute Gasteiger partial charge is 0.493 e. The lowest BCUT2D eigenvalue weighted by molar-refractivity contribution is -0.137. The fraction of sp³-hybridized carbons (Fsp3) is 0.312. The summed E-state index contributed by atoms with van der Waals surface area (Å²) in [5.74, 6) is 0.178. The average Bonchev–Trinajstić information content (AvgIpc) is 2.93. The summed E-state index contributed by atoms with van der Waals surface area (Å²) >= 11 is 0. The molecule has 2 aromatic rings. The fourth-order valence-corrected chi connectivity index (χ4v) is 2.70. The monoisotopic (exact) mass is 315 g/mol. The van der Waals surface area contributed by atoms with Crippen LogP contribution in [0.3, 0.4) is 0 Å². The number of para-hydroxylation sites is 1. The SMILES string of the molecule is O=C(O)Cn1ccc(NC(=O)CC2CCOc3ccccc32)n1. The lowest BCUT2D eigenvalue weighted by atomic mass is 9.90. The molecule has 3 rings (SSSR count). The van der Waals surface area contributed by atoms with Crippen LogP contribution < -0.4 is 10.1 Å². The van der Waals surface area contributed by atoms with Crippen molar-refractivity contribution in [3.63, 3.8) is 0 Å². The molecule has 0 saturated heterocycles. The van der Waals surface area contributed by atoms with E-state index >= 15 is 0 Å². The fourth-order valence-electron chi connectivity index (χ4n) is 2.70. The second-order valence-electron chi connectivity index (χ2n) is 5.42. The van der Waals surface area contributed by atoms with Gasteiger partial charge in [0.1, 0.15) is 12.3 Å². The van der Waals surface area contributed by atoms with E-state index in [2.05, 4.69) is 10.4 Å². The Hall–Kier alpha value is -2.83. The molecule has 0 bridgehead atoms. The number of hydrogen-bond acceptors (Lipinski definition) is 4. The molecule has 0 spiro atoms. The van der Waals surface area contributed by atoms with Crippen molar-refractivity contribution in [2.24, 2.45) is 0 Å². The number of carboxylic acid groups (broad SMARTS) is 1. The van der Waals surface area contributed by atoms with Crippen molar-refractivity contribution in [1.29, 1.82) is 0 Å². The van der Waals surface area contributed by atoms with E-state index in [9.17, 15) is 9.59 Å². The van der Waals surface area contributed by atoms with Crippen LogP contribution in [0.5, 0.6) is 5.75 Å². The second kappa shape index (κ2) is 6.51. The minimum Gasteiger partial charge on any atom is -0.493 e. The molecule has 7 nitrogen and oxygen atoms in total. The molecule has 1 aromatic heterocycles. The minimum atomic E-state index is -0.982. The number of anilines is 1. The van der Waals surface area contributed by atoms with Crippen molar-refractivity contribution in [3.05, 3.63) is 42.1 Å². The van der Waals surface area contributed by atoms with Gasteiger partial charge >= 0.3 is 5.97 Å². The minimum absolute atomic E-state index is 0.112. The van der Waals surface area contributed by atoms with Crippen molar-refractivity contribution < 1.29 is 19.4 Å². The van der Waals surface area contributed by atoms with Gasteiger partial charge in [-0.05, 0) is 24.0 Å². The van der Waals surface area contributed by atoms with Crippen LogP contribution in [-0.4, -0.2) is 33.4 Å². The summed E-state index contributed by atoms with van der Waals surface area (Å²) < 4.78 is 6.86. The van der Waals surface area contributed by atoms with Crippen LogP contribution in [0.4, 0.5) is 5.82 Å². The Morgan fingerprint density at radius 1 is 1.35 bits per heavy atom. The third kappa shape index (κ3) is 3.68. The molecule has 1 atom stereocenters. The van der Waals surface area contributed by atoms with Gasteiger partial charge in [0, 0.05) is 18.7 Å². The van der Waals surface area contributed by atoms with E-state index in [1.807, 2.05) is 24.3 Å². The number of benzene rings is 1. The Balaban J connectivity index is 1.62. The van der Waals surface area contributed by atoms with Gasteiger partial charge in [-0.2, -0.15) is 5.10 Å². The maximum absolute atomic E-state index is 12.2. The molecular weight excluding hydrogens is 298 g/mol. The Morgan fingerprint density at radius 2 is 2.17 bits per heavy atom. The van der Waals surface area contributed by atoms with E-state index in [0.717, 1.165) is 17.7 Å². The second-order valence-corrected chi connectivity index (χ2v) is 5.42. The highest BCUT2D eigenvalue weighted by molar-refractivity contribution is 5.90. The maximum atomic E-state index is 12.2. The van der Waals surface area contributed by atoms with Gasteiger partial charge in [-0.25, -0.2) is 0 Å². The topological polar surface area (TPSA) is 93.5 Å². The number of ether oxygens (including phenoxy) is 1. The van der Waals surface area contributed by atoms with Crippen LogP contribution in [0.1, 0.15) is 24.3 Å². The van der Waals surface area contributed by atoms with Crippen LogP contribution in [0.2, 0.25) is 0 Å². The number of nitrogens with one attached hydrogen (secondary N) is 1. The van der Waals surface area contributed by atoms with Crippen LogP contribution in [0.15, 0.2) is 36.5 Å². The zero-order valence-corrected chi connectivity index (χ0v) is 12.4. The summed E-state index contributed by atoms with van der Waals surface area (Å²) in [6.07, 6.45) is 2.65. The number of carboxylic acids is 1. The maximum Gasteiger partial charge on any atom is 0.325 e. The molecular formula is C16H17N3O4. The van der Waals surface area contributed by atoms with E-state index in [1.165, 1.54) is 10.9 Å². The van der Waals surface area contributed by atoms with Crippen LogP contribution in [-0.2, 0) is 16.1 Å². The Morgan fingerprint density at radius 3 is 3.00 bits per heavy atom. The van der Waals surface area contributed by atoms with E-state index in [4.69, 9.17) is 9.84 Å². The number of aromatic nitrogens is 2. The molecule has 2 heterocycles. The van der Waals surface area contributed by atoms with Gasteiger partial charge in [0.15, 0.2) is 5.82 Å². The van der Waals surface area contributed by atoms with Gasteiger partial charge in [-0.15, -0.1) is 0 Å². The number of amides is 1. The van der Waals surface area contributed by atoms with Crippen LogP contribution >= 0.6 is 0 Å². The first kappa shape index (κ1) is 15.1. The first-order valence-electron chi connectivity index (χ1n) is 7.38. The molecule has 0 radical (unpaired) electrons. The first-order valence-corrected chi connectivity index (χ1v) is 7.38. The van der Waals surface area contributed by atoms with Gasteiger partial charge in [-0.1, -0.05) is 18.2 Å². The third-order valence-electron chi connectivity index (χ3n) is 3.72. The van der Waals surface area contributed by atoms with Gasteiger partial charge in [-0.3, -0.25) is 14.3 Å². The number of hydrogen-bond donors (Lipinski definition) is 2. The third-order valence-corrected chi connectivity index (χ3v) is 3.72. The van der Waals surface area contributed by atoms with Crippen LogP contribution in [0, 0.1) is 0 Å². The molecule has 1 amide bonds. The molecule has 0 aliphatic carbocycles. The first-order chi connectivity index (χ1) is 11.1. The molecule has 2 N–H and O–H groups in total. The number of carbonyl (C=O) groups excluding carboxylic acids is 1. The number of carbonyl (C=O) groups is 2. The highest BCUT2D eigenvalue weighted by Crippen LogP contribution is 2.35. The van der Waals surface area contributed by atoms with E-state index < -0.39 is 5.97 Å². The van der Waals surface area contributed by atoms with Crippen molar-refractivity contribution in [2.75, 3.05) is 11.9 Å². The Labute approximate surface area is 132 Å². The lowest BCUT2D eigenvalue weighted by Crippen LogP contribution is -2.21. The van der Waals surface area contributed by atoms with Gasteiger partial charge in [0.05, 0.1) is 6.61 Å². The summed E-state index contributed by atoms with van der Waals surface area (Å²) in [6.45, 7) is 0.366. The molecule has 120 valence electrons. The highest BCUT2D eigenvalue weighted by Gasteiger charge is 2.23. The summed E-state index contributed by atoms with van der Waals surface area (Å²) in [4.78, 5) is 22.8. The zero-order chi connectivity index (χ0) is 16.2. The quantitative estimate of drug-likeness (QED) is 0.878. The zero-order valence-electron chi connectivity index (χ0n) is 12.4. The normalized spacial score (nSPS) is 16.3. The van der Waals surface area contributed by atoms with Gasteiger partial charge in [0.2, 0.25) is 5.91 Å². The Kier molecular flexibility index (Phi) is 4.27. The summed E-state index contributed by atoms with van der Waals surface area (Å²) in [5, 5.41) is 15.4. The molecule has 1 aromatic carbocycles. The summed E-state index contributed by atoms with van der Waals surface area (Å²) in [6, 6.07) is 9.32. The molecule has 23 heavy (non-hydrogen) atoms. The van der Waals surface area contributed by atoms with Crippen molar-refractivity contribution >= 4 is 17.7 Å². The summed E-state index contributed by atoms with van der Waals surface area (Å²) in [5.41, 5.74) is 1.05. The number of aliphatic carboxylic acids is 1. The Bertz CT molecular complexity index is 726. The predicted molar refractivity (Wildman–Crippen MR) is 82.4 cm³/mol. The molecule has 1 aliphatic heterocycles. The number of fused-ring (bicyclic) bond motifs is 1. The molecule has 0 saturated carbocycles.